The fraction of sp³-hybridized carbons (Fsp3) is 0.750. The quantitative estimate of drug-likeness (QED) is 0.790. The Balaban J connectivity index is 1.82. The van der Waals surface area contributed by atoms with E-state index in [4.69, 9.17) is 4.42 Å². The molecule has 1 heterocycles. The minimum absolute atomic E-state index is 0.0260. The molecule has 2 fully saturated rings. The van der Waals surface area contributed by atoms with E-state index >= 15 is 0 Å². The molecule has 3 aliphatic carbocycles. The average Bonchev–Trinajstić information content (AvgIpc) is 2.94. The van der Waals surface area contributed by atoms with Gasteiger partial charge in [0.25, 0.3) is 0 Å². The minimum Gasteiger partial charge on any atom is -0.472 e. The lowest BCUT2D eigenvalue weighted by molar-refractivity contribution is -0.174. The summed E-state index contributed by atoms with van der Waals surface area (Å²) >= 11 is 0. The van der Waals surface area contributed by atoms with Crippen molar-refractivity contribution in [2.45, 2.75) is 71.3 Å². The van der Waals surface area contributed by atoms with Crippen molar-refractivity contribution in [3.05, 3.63) is 23.7 Å². The number of carbonyl (C=O) groups excluding carboxylic acids is 1. The second-order valence-electron chi connectivity index (χ2n) is 9.28. The molecule has 1 aromatic heterocycles. The lowest BCUT2D eigenvalue weighted by Gasteiger charge is -2.64. The smallest absolute Gasteiger partial charge is 0.162 e. The molecule has 0 unspecified atom stereocenters. The van der Waals surface area contributed by atoms with Gasteiger partial charge in [-0.15, -0.1) is 0 Å². The number of ketones is 1. The fourth-order valence-corrected chi connectivity index (χ4v) is 6.75. The van der Waals surface area contributed by atoms with Crippen molar-refractivity contribution in [1.82, 2.24) is 0 Å². The van der Waals surface area contributed by atoms with Crippen LogP contribution in [-0.4, -0.2) is 17.0 Å². The van der Waals surface area contributed by atoms with Crippen molar-refractivity contribution < 1.29 is 14.3 Å². The number of fused-ring (bicyclic) bond motifs is 5. The van der Waals surface area contributed by atoms with Gasteiger partial charge in [-0.25, -0.2) is 0 Å². The van der Waals surface area contributed by atoms with Crippen LogP contribution >= 0.6 is 0 Å². The highest BCUT2D eigenvalue weighted by molar-refractivity contribution is 5.85. The lowest BCUT2D eigenvalue weighted by Crippen LogP contribution is -2.63. The van der Waals surface area contributed by atoms with Crippen LogP contribution in [0.4, 0.5) is 0 Å². The van der Waals surface area contributed by atoms with Crippen molar-refractivity contribution in [3.8, 4) is 0 Å². The highest BCUT2D eigenvalue weighted by Crippen LogP contribution is 2.66. The van der Waals surface area contributed by atoms with Crippen LogP contribution in [0.15, 0.2) is 16.9 Å². The Kier molecular flexibility index (Phi) is 3.02. The number of aryl methyl sites for hydroxylation is 1. The summed E-state index contributed by atoms with van der Waals surface area (Å²) in [6, 6.07) is 0. The number of Topliss-reactive ketones (excluding diaryl/α,β-unsaturated/α-hetero) is 1. The zero-order valence-corrected chi connectivity index (χ0v) is 14.7. The van der Waals surface area contributed by atoms with Crippen LogP contribution in [0.2, 0.25) is 0 Å². The highest BCUT2D eigenvalue weighted by atomic mass is 16.3. The highest BCUT2D eigenvalue weighted by Gasteiger charge is 2.63. The minimum atomic E-state index is -0.807. The van der Waals surface area contributed by atoms with Gasteiger partial charge in [-0.05, 0) is 59.5 Å². The van der Waals surface area contributed by atoms with Crippen molar-refractivity contribution in [2.24, 2.45) is 22.7 Å². The van der Waals surface area contributed by atoms with Crippen LogP contribution < -0.4 is 0 Å². The summed E-state index contributed by atoms with van der Waals surface area (Å²) in [7, 11) is 0. The van der Waals surface area contributed by atoms with E-state index in [1.165, 1.54) is 11.1 Å². The third-order valence-electron chi connectivity index (χ3n) is 7.84. The van der Waals surface area contributed by atoms with Crippen molar-refractivity contribution in [2.75, 3.05) is 0 Å². The molecule has 0 saturated heterocycles. The maximum absolute atomic E-state index is 12.6. The topological polar surface area (TPSA) is 50.4 Å². The second kappa shape index (κ2) is 4.50. The molecule has 3 heteroatoms. The third-order valence-corrected chi connectivity index (χ3v) is 7.84. The SMILES string of the molecule is CC1(C)[C@@H](O)C(=O)C[C@]2(C)[C@H]3CCc4cocc4[C@]3(C)CC[C@@H]12. The fourth-order valence-electron chi connectivity index (χ4n) is 6.75. The molecule has 0 aliphatic heterocycles. The zero-order chi connectivity index (χ0) is 16.6. The summed E-state index contributed by atoms with van der Waals surface area (Å²) in [5.41, 5.74) is 2.46. The monoisotopic (exact) mass is 316 g/mol. The van der Waals surface area contributed by atoms with E-state index in [1.807, 2.05) is 12.5 Å². The first-order valence-corrected chi connectivity index (χ1v) is 8.97. The van der Waals surface area contributed by atoms with Gasteiger partial charge in [-0.2, -0.15) is 0 Å². The first kappa shape index (κ1) is 15.4. The van der Waals surface area contributed by atoms with Gasteiger partial charge in [-0.3, -0.25) is 4.79 Å². The van der Waals surface area contributed by atoms with Gasteiger partial charge in [0.1, 0.15) is 6.10 Å². The molecule has 4 rings (SSSR count). The zero-order valence-electron chi connectivity index (χ0n) is 14.7. The molecule has 3 nitrogen and oxygen atoms in total. The Labute approximate surface area is 138 Å². The van der Waals surface area contributed by atoms with Crippen LogP contribution in [0.3, 0.4) is 0 Å². The summed E-state index contributed by atoms with van der Waals surface area (Å²) in [6.07, 6.45) is 7.93. The standard InChI is InChI=1S/C20H28O3/c1-18(2)15-7-8-19(3)13-11-23-10-12(13)5-6-16(19)20(15,4)9-14(21)17(18)22/h10-11,15-17,22H,5-9H2,1-4H3/t15-,16-,17-,19-,20-/m0/s1. The number of rotatable bonds is 0. The maximum Gasteiger partial charge on any atom is 0.162 e. The molecular formula is C20H28O3. The number of aliphatic hydroxyl groups is 1. The molecule has 0 aromatic carbocycles. The van der Waals surface area contributed by atoms with Crippen LogP contribution in [0, 0.1) is 22.7 Å². The Bertz CT molecular complexity index is 658. The van der Waals surface area contributed by atoms with Gasteiger partial charge in [-0.1, -0.05) is 27.7 Å². The lowest BCUT2D eigenvalue weighted by atomic mass is 9.40. The summed E-state index contributed by atoms with van der Waals surface area (Å²) in [5, 5.41) is 10.5. The predicted molar refractivity (Wildman–Crippen MR) is 88.1 cm³/mol. The van der Waals surface area contributed by atoms with Gasteiger partial charge in [0.2, 0.25) is 0 Å². The molecule has 0 bridgehead atoms. The summed E-state index contributed by atoms with van der Waals surface area (Å²) < 4.78 is 5.52. The second-order valence-corrected chi connectivity index (χ2v) is 9.28. The van der Waals surface area contributed by atoms with Gasteiger partial charge in [0, 0.05) is 11.8 Å². The first-order chi connectivity index (χ1) is 10.7. The summed E-state index contributed by atoms with van der Waals surface area (Å²) in [6.45, 7) is 8.87. The van der Waals surface area contributed by atoms with Crippen molar-refractivity contribution in [3.63, 3.8) is 0 Å². The van der Waals surface area contributed by atoms with Crippen LogP contribution in [0.1, 0.15) is 64.5 Å². The third kappa shape index (κ3) is 1.77. The molecule has 3 aliphatic rings. The van der Waals surface area contributed by atoms with Crippen molar-refractivity contribution >= 4 is 5.78 Å². The van der Waals surface area contributed by atoms with E-state index in [2.05, 4.69) is 27.7 Å². The Hall–Kier alpha value is -1.09. The Morgan fingerprint density at radius 3 is 2.61 bits per heavy atom. The predicted octanol–water partition coefficient (Wildman–Crippen LogP) is 3.88. The van der Waals surface area contributed by atoms with Gasteiger partial charge >= 0.3 is 0 Å². The van der Waals surface area contributed by atoms with E-state index < -0.39 is 6.10 Å². The first-order valence-electron chi connectivity index (χ1n) is 8.97. The molecule has 0 spiro atoms. The molecule has 126 valence electrons. The van der Waals surface area contributed by atoms with Crippen LogP contribution in [-0.2, 0) is 16.6 Å². The van der Waals surface area contributed by atoms with E-state index in [-0.39, 0.29) is 22.0 Å². The van der Waals surface area contributed by atoms with E-state index in [0.29, 0.717) is 18.3 Å². The van der Waals surface area contributed by atoms with E-state index in [1.54, 1.807) is 0 Å². The van der Waals surface area contributed by atoms with Gasteiger partial charge in [0.05, 0.1) is 12.5 Å². The molecule has 23 heavy (non-hydrogen) atoms. The molecule has 0 radical (unpaired) electrons. The maximum atomic E-state index is 12.6. The largest absolute Gasteiger partial charge is 0.472 e. The number of furan rings is 1. The molecule has 5 atom stereocenters. The molecule has 0 amide bonds. The van der Waals surface area contributed by atoms with Crippen molar-refractivity contribution in [1.29, 1.82) is 0 Å². The normalized spacial score (nSPS) is 45.1. The average molecular weight is 316 g/mol. The van der Waals surface area contributed by atoms with Crippen LogP contribution in [0.25, 0.3) is 0 Å². The van der Waals surface area contributed by atoms with Crippen LogP contribution in [0.5, 0.6) is 0 Å². The van der Waals surface area contributed by atoms with E-state index in [9.17, 15) is 9.90 Å². The van der Waals surface area contributed by atoms with E-state index in [0.717, 1.165) is 25.7 Å². The number of hydrogen-bond acceptors (Lipinski definition) is 3. The number of hydrogen-bond donors (Lipinski definition) is 1. The van der Waals surface area contributed by atoms with Gasteiger partial charge < -0.3 is 9.52 Å². The molecular weight excluding hydrogens is 288 g/mol. The summed E-state index contributed by atoms with van der Waals surface area (Å²) in [4.78, 5) is 12.6. The molecule has 1 aromatic rings. The summed E-state index contributed by atoms with van der Waals surface area (Å²) in [5.74, 6) is 0.916. The molecule has 2 saturated carbocycles. The number of carbonyl (C=O) groups is 1. The number of aliphatic hydroxyl groups excluding tert-OH is 1. The molecule has 1 N–H and O–H groups in total. The van der Waals surface area contributed by atoms with Gasteiger partial charge in [0.15, 0.2) is 5.78 Å². The Morgan fingerprint density at radius 2 is 1.87 bits per heavy atom. The Morgan fingerprint density at radius 1 is 1.13 bits per heavy atom.